The van der Waals surface area contributed by atoms with E-state index in [2.05, 4.69) is 83.4 Å². The van der Waals surface area contributed by atoms with Crippen molar-refractivity contribution in [1.29, 1.82) is 0 Å². The number of hydrogen-bond donors (Lipinski definition) is 0. The maximum Gasteiger partial charge on any atom is 0.186 e. The highest BCUT2D eigenvalue weighted by atomic mass is 16.3. The Balaban J connectivity index is 1.13. The normalized spacial score (nSPS) is 11.9. The van der Waals surface area contributed by atoms with Crippen LogP contribution in [0.3, 0.4) is 0 Å². The van der Waals surface area contributed by atoms with E-state index in [-0.39, 0.29) is 0 Å². The molecule has 0 aliphatic carbocycles. The summed E-state index contributed by atoms with van der Waals surface area (Å²) in [5.41, 5.74) is 9.53. The molecule has 57 heavy (non-hydrogen) atoms. The first-order chi connectivity index (χ1) is 28.2. The summed E-state index contributed by atoms with van der Waals surface area (Å²) in [6.45, 7) is 0. The summed E-state index contributed by atoms with van der Waals surface area (Å²) in [5.74, 6) is 1.85. The van der Waals surface area contributed by atoms with Gasteiger partial charge in [0.15, 0.2) is 34.6 Å². The van der Waals surface area contributed by atoms with Crippen LogP contribution in [-0.2, 0) is 0 Å². The standard InChI is InChI=1S/C49H28N6O2/c1-3-14-29(15-4-1)46-52-48(37-22-13-21-35-34-19-8-11-24-40(34)56-44(35)37)54-49(53-46)43-45-42(36-20-9-12-25-41(36)57-45)50-47(51-43)30-26-27-33-32-18-7-10-23-38(32)55(39(33)28-30)31-16-5-2-6-17-31/h1-28H. The van der Waals surface area contributed by atoms with Crippen molar-refractivity contribution in [3.05, 3.63) is 170 Å². The highest BCUT2D eigenvalue weighted by molar-refractivity contribution is 6.11. The Kier molecular flexibility index (Phi) is 6.76. The number of hydrogen-bond acceptors (Lipinski definition) is 7. The van der Waals surface area contributed by atoms with Crippen molar-refractivity contribution in [2.75, 3.05) is 0 Å². The molecule has 5 aromatic heterocycles. The molecule has 12 aromatic rings. The van der Waals surface area contributed by atoms with E-state index in [1.807, 2.05) is 91.0 Å². The average molecular weight is 733 g/mol. The number of nitrogens with zero attached hydrogens (tertiary/aromatic N) is 6. The molecule has 8 nitrogen and oxygen atoms in total. The maximum atomic E-state index is 6.57. The van der Waals surface area contributed by atoms with Crippen LogP contribution >= 0.6 is 0 Å². The number of rotatable bonds is 5. The van der Waals surface area contributed by atoms with E-state index in [1.54, 1.807) is 0 Å². The predicted octanol–water partition coefficient (Wildman–Crippen LogP) is 12.2. The van der Waals surface area contributed by atoms with Gasteiger partial charge in [0.2, 0.25) is 0 Å². The van der Waals surface area contributed by atoms with Crippen LogP contribution in [0, 0.1) is 0 Å². The lowest BCUT2D eigenvalue weighted by molar-refractivity contribution is 0.666. The fourth-order valence-corrected chi connectivity index (χ4v) is 8.08. The van der Waals surface area contributed by atoms with Gasteiger partial charge in [-0.2, -0.15) is 0 Å². The van der Waals surface area contributed by atoms with E-state index in [0.29, 0.717) is 51.3 Å². The highest BCUT2D eigenvalue weighted by Gasteiger charge is 2.24. The molecule has 12 rings (SSSR count). The summed E-state index contributed by atoms with van der Waals surface area (Å²) in [4.78, 5) is 25.8. The van der Waals surface area contributed by atoms with Crippen LogP contribution in [-0.4, -0.2) is 29.5 Å². The zero-order valence-electron chi connectivity index (χ0n) is 30.2. The van der Waals surface area contributed by atoms with Crippen molar-refractivity contribution in [3.8, 4) is 51.4 Å². The Labute approximate surface area is 324 Å². The number of aromatic nitrogens is 6. The third-order valence-corrected chi connectivity index (χ3v) is 10.7. The van der Waals surface area contributed by atoms with Gasteiger partial charge < -0.3 is 13.4 Å². The Hall–Kier alpha value is -7.97. The van der Waals surface area contributed by atoms with Gasteiger partial charge >= 0.3 is 0 Å². The van der Waals surface area contributed by atoms with Gasteiger partial charge in [-0.1, -0.05) is 121 Å². The van der Waals surface area contributed by atoms with E-state index in [9.17, 15) is 0 Å². The number of fused-ring (bicyclic) bond motifs is 9. The van der Waals surface area contributed by atoms with Crippen LogP contribution in [0.4, 0.5) is 0 Å². The summed E-state index contributed by atoms with van der Waals surface area (Å²) in [6, 6.07) is 57.3. The highest BCUT2D eigenvalue weighted by Crippen LogP contribution is 2.39. The molecule has 0 unspecified atom stereocenters. The fraction of sp³-hybridized carbons (Fsp3) is 0. The summed E-state index contributed by atoms with van der Waals surface area (Å²) >= 11 is 0. The van der Waals surface area contributed by atoms with Crippen LogP contribution in [0.25, 0.3) is 117 Å². The lowest BCUT2D eigenvalue weighted by Crippen LogP contribution is -2.03. The molecule has 0 radical (unpaired) electrons. The summed E-state index contributed by atoms with van der Waals surface area (Å²) in [5, 5.41) is 5.20. The molecule has 0 aliphatic rings. The van der Waals surface area contributed by atoms with Crippen LogP contribution in [0.1, 0.15) is 0 Å². The molecule has 0 N–H and O–H groups in total. The Morgan fingerprint density at radius 1 is 0.368 bits per heavy atom. The van der Waals surface area contributed by atoms with Gasteiger partial charge in [0.1, 0.15) is 22.3 Å². The van der Waals surface area contributed by atoms with Crippen LogP contribution in [0.2, 0.25) is 0 Å². The molecular formula is C49H28N6O2. The SMILES string of the molecule is c1ccc(-c2nc(-c3cccc4c3oc3ccccc34)nc(-c3nc(-c4ccc5c6ccccc6n(-c6ccccc6)c5c4)nc4c3oc3ccccc34)n2)cc1. The van der Waals surface area contributed by atoms with E-state index < -0.39 is 0 Å². The molecule has 0 bridgehead atoms. The third kappa shape index (κ3) is 4.91. The van der Waals surface area contributed by atoms with Gasteiger partial charge in [-0.3, -0.25) is 0 Å². The second-order valence-corrected chi connectivity index (χ2v) is 14.0. The molecule has 0 saturated heterocycles. The van der Waals surface area contributed by atoms with Crippen LogP contribution in [0.5, 0.6) is 0 Å². The molecule has 7 aromatic carbocycles. The zero-order chi connectivity index (χ0) is 37.5. The fourth-order valence-electron chi connectivity index (χ4n) is 8.08. The lowest BCUT2D eigenvalue weighted by atomic mass is 10.1. The Morgan fingerprint density at radius 3 is 1.82 bits per heavy atom. The molecule has 266 valence electrons. The Morgan fingerprint density at radius 2 is 0.982 bits per heavy atom. The molecule has 0 spiro atoms. The van der Waals surface area contributed by atoms with Gasteiger partial charge in [-0.25, -0.2) is 24.9 Å². The van der Waals surface area contributed by atoms with Crippen molar-refractivity contribution in [2.45, 2.75) is 0 Å². The first-order valence-electron chi connectivity index (χ1n) is 18.8. The topological polar surface area (TPSA) is 95.7 Å². The molecule has 0 amide bonds. The number of para-hydroxylation sites is 5. The van der Waals surface area contributed by atoms with Crippen LogP contribution < -0.4 is 0 Å². The summed E-state index contributed by atoms with van der Waals surface area (Å²) in [6.07, 6.45) is 0. The summed E-state index contributed by atoms with van der Waals surface area (Å²) in [7, 11) is 0. The van der Waals surface area contributed by atoms with Gasteiger partial charge in [-0.15, -0.1) is 0 Å². The van der Waals surface area contributed by atoms with Crippen molar-refractivity contribution in [3.63, 3.8) is 0 Å². The second kappa shape index (κ2) is 12.3. The average Bonchev–Trinajstić information content (AvgIpc) is 3.96. The molecule has 0 saturated carbocycles. The van der Waals surface area contributed by atoms with Crippen molar-refractivity contribution >= 4 is 65.8 Å². The molecule has 0 atom stereocenters. The molecule has 0 fully saturated rings. The van der Waals surface area contributed by atoms with Gasteiger partial charge in [0.25, 0.3) is 0 Å². The van der Waals surface area contributed by atoms with Gasteiger partial charge in [-0.05, 0) is 48.5 Å². The van der Waals surface area contributed by atoms with Crippen LogP contribution in [0.15, 0.2) is 179 Å². The molecule has 5 heterocycles. The molecular weight excluding hydrogens is 705 g/mol. The smallest absolute Gasteiger partial charge is 0.186 e. The first-order valence-corrected chi connectivity index (χ1v) is 18.8. The predicted molar refractivity (Wildman–Crippen MR) is 226 cm³/mol. The van der Waals surface area contributed by atoms with Crippen molar-refractivity contribution in [1.82, 2.24) is 29.5 Å². The lowest BCUT2D eigenvalue weighted by Gasteiger charge is -2.10. The maximum absolute atomic E-state index is 6.57. The van der Waals surface area contributed by atoms with Crippen molar-refractivity contribution < 1.29 is 8.83 Å². The minimum Gasteiger partial charge on any atom is -0.455 e. The summed E-state index contributed by atoms with van der Waals surface area (Å²) < 4.78 is 15.3. The minimum absolute atomic E-state index is 0.360. The largest absolute Gasteiger partial charge is 0.455 e. The quantitative estimate of drug-likeness (QED) is 0.174. The van der Waals surface area contributed by atoms with Gasteiger partial charge in [0.05, 0.1) is 16.6 Å². The van der Waals surface area contributed by atoms with E-state index in [1.165, 1.54) is 5.39 Å². The second-order valence-electron chi connectivity index (χ2n) is 14.0. The molecule has 0 aliphatic heterocycles. The number of benzene rings is 7. The van der Waals surface area contributed by atoms with E-state index in [4.69, 9.17) is 33.8 Å². The van der Waals surface area contributed by atoms with Crippen molar-refractivity contribution in [2.24, 2.45) is 0 Å². The van der Waals surface area contributed by atoms with E-state index in [0.717, 1.165) is 60.5 Å². The minimum atomic E-state index is 0.360. The third-order valence-electron chi connectivity index (χ3n) is 10.7. The zero-order valence-corrected chi connectivity index (χ0v) is 30.2. The monoisotopic (exact) mass is 732 g/mol. The Bertz CT molecular complexity index is 3530. The van der Waals surface area contributed by atoms with Gasteiger partial charge in [0, 0.05) is 43.7 Å². The number of furan rings is 2. The molecule has 8 heteroatoms. The van der Waals surface area contributed by atoms with E-state index >= 15 is 0 Å². The first kappa shape index (κ1) is 31.4.